The van der Waals surface area contributed by atoms with E-state index in [-0.39, 0.29) is 34.7 Å². The minimum Gasteiger partial charge on any atom is -0.489 e. The minimum absolute atomic E-state index is 0.0681. The quantitative estimate of drug-likeness (QED) is 0.437. The average molecular weight is 582 g/mol. The number of sulfonamides is 1. The van der Waals surface area contributed by atoms with Crippen LogP contribution in [-0.4, -0.2) is 49.0 Å². The Morgan fingerprint density at radius 2 is 1.72 bits per heavy atom. The summed E-state index contributed by atoms with van der Waals surface area (Å²) in [6, 6.07) is 3.78. The standard InChI is InChI=1S/C25H29F6N3O4S/c1-23(2,3)33-14-16-12-19(18-9-4-5-10-20(18)38-16)34(21(13-22(32)35)25(29,30)31)39(36,37)17-8-6-7-15(11-17)24(26,27)28/h4-11,16,19,21,33H,12-14H2,1-3H3,(H2,32,35)/t16?,19-,21?/m1/s1. The SMILES string of the molecule is CC(C)(C)NCC1C[C@@H](N(C(CC(N)=O)C(F)(F)F)S(=O)(=O)c2cccc(C(F)(F)F)c2)c2ccccc2O1. The molecule has 3 N–H and O–H groups in total. The molecule has 3 rings (SSSR count). The fraction of sp³-hybridized carbons (Fsp3) is 0.480. The van der Waals surface area contributed by atoms with Gasteiger partial charge in [0.1, 0.15) is 17.9 Å². The summed E-state index contributed by atoms with van der Waals surface area (Å²) in [5.41, 5.74) is 3.39. The molecule has 0 spiro atoms. The lowest BCUT2D eigenvalue weighted by molar-refractivity contribution is -0.180. The molecule has 39 heavy (non-hydrogen) atoms. The third kappa shape index (κ3) is 7.42. The zero-order chi connectivity index (χ0) is 29.4. The van der Waals surface area contributed by atoms with Gasteiger partial charge in [-0.15, -0.1) is 0 Å². The van der Waals surface area contributed by atoms with Crippen molar-refractivity contribution in [3.63, 3.8) is 0 Å². The number of halogens is 6. The molecule has 216 valence electrons. The first-order valence-corrected chi connectivity index (χ1v) is 13.3. The van der Waals surface area contributed by atoms with Crippen LogP contribution in [0.5, 0.6) is 5.75 Å². The van der Waals surface area contributed by atoms with Crippen LogP contribution in [0.3, 0.4) is 0 Å². The van der Waals surface area contributed by atoms with Crippen LogP contribution in [-0.2, 0) is 21.0 Å². The molecule has 1 heterocycles. The molecule has 0 bridgehead atoms. The van der Waals surface area contributed by atoms with Crippen molar-refractivity contribution in [1.29, 1.82) is 0 Å². The number of alkyl halides is 6. The highest BCUT2D eigenvalue weighted by Gasteiger charge is 2.53. The highest BCUT2D eigenvalue weighted by Crippen LogP contribution is 2.45. The zero-order valence-corrected chi connectivity index (χ0v) is 22.1. The molecular weight excluding hydrogens is 552 g/mol. The molecular formula is C25H29F6N3O4S. The van der Waals surface area contributed by atoms with E-state index in [1.54, 1.807) is 6.07 Å². The molecule has 0 saturated heterocycles. The summed E-state index contributed by atoms with van der Waals surface area (Å²) >= 11 is 0. The second kappa shape index (κ2) is 11.0. The molecule has 0 aliphatic carbocycles. The molecule has 2 aromatic carbocycles. The van der Waals surface area contributed by atoms with Gasteiger partial charge in [-0.25, -0.2) is 8.42 Å². The number of amides is 1. The van der Waals surface area contributed by atoms with Crippen LogP contribution in [0.2, 0.25) is 0 Å². The van der Waals surface area contributed by atoms with E-state index in [1.165, 1.54) is 18.2 Å². The first-order chi connectivity index (χ1) is 17.8. The maximum atomic E-state index is 14.4. The van der Waals surface area contributed by atoms with Crippen LogP contribution in [0.1, 0.15) is 50.8 Å². The van der Waals surface area contributed by atoms with E-state index in [4.69, 9.17) is 10.5 Å². The number of carbonyl (C=O) groups excluding carboxylic acids is 1. The molecule has 1 aliphatic heterocycles. The Bertz CT molecular complexity index is 1290. The number of nitrogens with zero attached hydrogens (tertiary/aromatic N) is 1. The van der Waals surface area contributed by atoms with Crippen molar-refractivity contribution in [3.05, 3.63) is 59.7 Å². The van der Waals surface area contributed by atoms with Gasteiger partial charge >= 0.3 is 12.4 Å². The second-order valence-electron chi connectivity index (χ2n) is 10.2. The molecule has 1 aliphatic rings. The second-order valence-corrected chi connectivity index (χ2v) is 12.1. The molecule has 2 aromatic rings. The highest BCUT2D eigenvalue weighted by atomic mass is 32.2. The topological polar surface area (TPSA) is 102 Å². The van der Waals surface area contributed by atoms with E-state index in [0.717, 1.165) is 12.1 Å². The number of para-hydroxylation sites is 1. The summed E-state index contributed by atoms with van der Waals surface area (Å²) in [4.78, 5) is 10.7. The molecule has 0 radical (unpaired) electrons. The van der Waals surface area contributed by atoms with E-state index in [2.05, 4.69) is 5.32 Å². The third-order valence-electron chi connectivity index (χ3n) is 6.04. The lowest BCUT2D eigenvalue weighted by atomic mass is 9.94. The van der Waals surface area contributed by atoms with Crippen LogP contribution in [0.25, 0.3) is 0 Å². The fourth-order valence-corrected chi connectivity index (χ4v) is 6.13. The van der Waals surface area contributed by atoms with Crippen molar-refractivity contribution in [2.24, 2.45) is 5.73 Å². The van der Waals surface area contributed by atoms with E-state index in [9.17, 15) is 39.6 Å². The zero-order valence-electron chi connectivity index (χ0n) is 21.3. The van der Waals surface area contributed by atoms with Gasteiger partial charge in [-0.2, -0.15) is 30.6 Å². The average Bonchev–Trinajstić information content (AvgIpc) is 2.80. The van der Waals surface area contributed by atoms with Gasteiger partial charge in [0, 0.05) is 24.1 Å². The van der Waals surface area contributed by atoms with Gasteiger partial charge in [0.05, 0.1) is 22.9 Å². The van der Waals surface area contributed by atoms with Crippen LogP contribution in [0.15, 0.2) is 53.4 Å². The Balaban J connectivity index is 2.24. The number of fused-ring (bicyclic) bond motifs is 1. The summed E-state index contributed by atoms with van der Waals surface area (Å²) in [5, 5.41) is 3.15. The number of primary amides is 1. The first-order valence-electron chi connectivity index (χ1n) is 11.9. The molecule has 0 saturated carbocycles. The predicted molar refractivity (Wildman–Crippen MR) is 130 cm³/mol. The van der Waals surface area contributed by atoms with Crippen LogP contribution >= 0.6 is 0 Å². The summed E-state index contributed by atoms with van der Waals surface area (Å²) in [5.74, 6) is -1.33. The summed E-state index contributed by atoms with van der Waals surface area (Å²) in [6.07, 6.45) is -12.8. The van der Waals surface area contributed by atoms with Gasteiger partial charge in [0.25, 0.3) is 0 Å². The van der Waals surface area contributed by atoms with E-state index < -0.39 is 68.9 Å². The molecule has 14 heteroatoms. The van der Waals surface area contributed by atoms with Crippen molar-refractivity contribution in [2.45, 2.75) is 74.6 Å². The molecule has 1 amide bonds. The van der Waals surface area contributed by atoms with Crippen LogP contribution in [0, 0.1) is 0 Å². The van der Waals surface area contributed by atoms with Crippen molar-refractivity contribution in [2.75, 3.05) is 6.54 Å². The van der Waals surface area contributed by atoms with Crippen molar-refractivity contribution >= 4 is 15.9 Å². The Kier molecular flexibility index (Phi) is 8.63. The van der Waals surface area contributed by atoms with Gasteiger partial charge in [-0.3, -0.25) is 4.79 Å². The summed E-state index contributed by atoms with van der Waals surface area (Å²) in [7, 11) is -5.29. The van der Waals surface area contributed by atoms with E-state index >= 15 is 0 Å². The van der Waals surface area contributed by atoms with Gasteiger partial charge < -0.3 is 15.8 Å². The van der Waals surface area contributed by atoms with Gasteiger partial charge in [0.2, 0.25) is 15.9 Å². The van der Waals surface area contributed by atoms with Gasteiger partial charge in [-0.05, 0) is 45.0 Å². The number of nitrogens with two attached hydrogens (primary N) is 1. The Labute approximate surface area is 222 Å². The summed E-state index contributed by atoms with van der Waals surface area (Å²) < 4.78 is 117. The molecule has 2 unspecified atom stereocenters. The molecule has 3 atom stereocenters. The first kappa shape index (κ1) is 30.7. The number of nitrogens with one attached hydrogen (secondary N) is 1. The largest absolute Gasteiger partial charge is 0.489 e. The van der Waals surface area contributed by atoms with E-state index in [0.29, 0.717) is 6.07 Å². The third-order valence-corrected chi connectivity index (χ3v) is 7.96. The minimum atomic E-state index is -5.30. The van der Waals surface area contributed by atoms with Gasteiger partial charge in [-0.1, -0.05) is 24.3 Å². The van der Waals surface area contributed by atoms with Crippen LogP contribution < -0.4 is 15.8 Å². The van der Waals surface area contributed by atoms with Gasteiger partial charge in [0.15, 0.2) is 0 Å². The lowest BCUT2D eigenvalue weighted by Gasteiger charge is -2.42. The number of benzene rings is 2. The monoisotopic (exact) mass is 581 g/mol. The van der Waals surface area contributed by atoms with Crippen molar-refractivity contribution in [3.8, 4) is 5.75 Å². The number of carbonyl (C=O) groups is 1. The van der Waals surface area contributed by atoms with E-state index in [1.807, 2.05) is 20.8 Å². The van der Waals surface area contributed by atoms with Crippen molar-refractivity contribution in [1.82, 2.24) is 9.62 Å². The Hall–Kier alpha value is -2.84. The lowest BCUT2D eigenvalue weighted by Crippen LogP contribution is -2.54. The highest BCUT2D eigenvalue weighted by molar-refractivity contribution is 7.89. The molecule has 0 aromatic heterocycles. The Morgan fingerprint density at radius 1 is 1.08 bits per heavy atom. The maximum Gasteiger partial charge on any atom is 0.416 e. The smallest absolute Gasteiger partial charge is 0.416 e. The number of ether oxygens (including phenoxy) is 1. The van der Waals surface area contributed by atoms with Crippen LogP contribution in [0.4, 0.5) is 26.3 Å². The van der Waals surface area contributed by atoms with Crippen molar-refractivity contribution < 1.29 is 44.3 Å². The maximum absolute atomic E-state index is 14.4. The summed E-state index contributed by atoms with van der Waals surface area (Å²) in [6.45, 7) is 5.66. The normalized spacial score (nSPS) is 19.3. The number of hydrogen-bond acceptors (Lipinski definition) is 5. The predicted octanol–water partition coefficient (Wildman–Crippen LogP) is 4.78. The number of rotatable bonds is 8. The molecule has 0 fully saturated rings. The number of hydrogen-bond donors (Lipinski definition) is 2. The Morgan fingerprint density at radius 3 is 2.28 bits per heavy atom. The fourth-order valence-electron chi connectivity index (χ4n) is 4.30. The molecule has 7 nitrogen and oxygen atoms in total.